The maximum Gasteiger partial charge on any atom is 0.220 e. The summed E-state index contributed by atoms with van der Waals surface area (Å²) in [6.45, 7) is 8.75. The van der Waals surface area contributed by atoms with E-state index in [1.807, 2.05) is 0 Å². The fraction of sp³-hybridized carbons (Fsp3) is 0.296. The first-order chi connectivity index (χ1) is 14.0. The van der Waals surface area contributed by atoms with E-state index in [1.165, 1.54) is 33.2 Å². The highest BCUT2D eigenvalue weighted by molar-refractivity contribution is 5.97. The van der Waals surface area contributed by atoms with Crippen molar-refractivity contribution in [2.75, 3.05) is 0 Å². The van der Waals surface area contributed by atoms with Crippen molar-refractivity contribution >= 4 is 21.5 Å². The van der Waals surface area contributed by atoms with Gasteiger partial charge >= 0.3 is 0 Å². The molecule has 142 valence electrons. The average molecular weight is 370 g/mol. The third-order valence-corrected chi connectivity index (χ3v) is 6.26. The minimum absolute atomic E-state index is 0.555. The van der Waals surface area contributed by atoms with Crippen molar-refractivity contribution < 1.29 is 5.94 Å². The highest BCUT2D eigenvalue weighted by Crippen LogP contribution is 2.34. The van der Waals surface area contributed by atoms with Gasteiger partial charge in [0.2, 0.25) is 5.69 Å². The SMILES string of the molecule is [2H]c1c(C)[n+](C)c(-c2cc3ccccc3cc2C)c2ccc(C(CC)CC)cc12. The maximum absolute atomic E-state index is 8.80. The number of rotatable bonds is 4. The van der Waals surface area contributed by atoms with Crippen LogP contribution in [0.4, 0.5) is 0 Å². The molecule has 0 aliphatic heterocycles. The monoisotopic (exact) mass is 369 g/mol. The normalized spacial score (nSPS) is 12.1. The fourth-order valence-corrected chi connectivity index (χ4v) is 4.45. The molecule has 0 unspecified atom stereocenters. The molecule has 0 N–H and O–H groups in total. The number of hydrogen-bond acceptors (Lipinski definition) is 0. The summed E-state index contributed by atoms with van der Waals surface area (Å²) in [7, 11) is 2.09. The Hall–Kier alpha value is -2.67. The van der Waals surface area contributed by atoms with E-state index in [0.29, 0.717) is 12.0 Å². The van der Waals surface area contributed by atoms with Crippen LogP contribution in [0.25, 0.3) is 32.8 Å². The zero-order valence-corrected chi connectivity index (χ0v) is 17.6. The van der Waals surface area contributed by atoms with Crippen molar-refractivity contribution in [2.24, 2.45) is 7.05 Å². The summed E-state index contributed by atoms with van der Waals surface area (Å²) in [6, 6.07) is 20.5. The summed E-state index contributed by atoms with van der Waals surface area (Å²) < 4.78 is 11.0. The molecule has 28 heavy (non-hydrogen) atoms. The molecule has 0 saturated carbocycles. The van der Waals surface area contributed by atoms with E-state index in [0.717, 1.165) is 29.3 Å². The molecule has 4 rings (SSSR count). The van der Waals surface area contributed by atoms with Gasteiger partial charge in [0.25, 0.3) is 0 Å². The molecule has 0 aliphatic rings. The molecule has 0 radical (unpaired) electrons. The second-order valence-electron chi connectivity index (χ2n) is 7.95. The summed E-state index contributed by atoms with van der Waals surface area (Å²) in [5.41, 5.74) is 6.07. The Bertz CT molecular complexity index is 1220. The van der Waals surface area contributed by atoms with Crippen LogP contribution in [-0.2, 0) is 7.05 Å². The molecule has 0 aliphatic carbocycles. The predicted molar refractivity (Wildman–Crippen MR) is 121 cm³/mol. The van der Waals surface area contributed by atoms with Crippen LogP contribution in [0.2, 0.25) is 0 Å². The van der Waals surface area contributed by atoms with Gasteiger partial charge in [-0.15, -0.1) is 0 Å². The van der Waals surface area contributed by atoms with Crippen molar-refractivity contribution in [3.8, 4) is 11.3 Å². The van der Waals surface area contributed by atoms with E-state index in [1.54, 1.807) is 0 Å². The molecule has 0 bridgehead atoms. The minimum atomic E-state index is 0.555. The highest BCUT2D eigenvalue weighted by atomic mass is 14.9. The Morgan fingerprint density at radius 2 is 1.57 bits per heavy atom. The summed E-state index contributed by atoms with van der Waals surface area (Å²) in [6.07, 6.45) is 2.26. The number of fused-ring (bicyclic) bond motifs is 2. The van der Waals surface area contributed by atoms with E-state index in [2.05, 4.69) is 93.9 Å². The summed E-state index contributed by atoms with van der Waals surface area (Å²) in [4.78, 5) is 0. The van der Waals surface area contributed by atoms with E-state index in [4.69, 9.17) is 1.37 Å². The number of aryl methyl sites for hydroxylation is 1. The van der Waals surface area contributed by atoms with Crippen molar-refractivity contribution in [3.63, 3.8) is 0 Å². The minimum Gasteiger partial charge on any atom is -0.198 e. The first-order valence-electron chi connectivity index (χ1n) is 10.9. The van der Waals surface area contributed by atoms with Gasteiger partial charge in [-0.1, -0.05) is 56.3 Å². The average Bonchev–Trinajstić information content (AvgIpc) is 2.73. The van der Waals surface area contributed by atoms with Crippen LogP contribution >= 0.6 is 0 Å². The van der Waals surface area contributed by atoms with Crippen molar-refractivity contribution in [3.05, 3.63) is 77.5 Å². The first-order valence-corrected chi connectivity index (χ1v) is 10.4. The number of pyridine rings is 1. The van der Waals surface area contributed by atoms with Gasteiger partial charge in [-0.2, -0.15) is 4.57 Å². The van der Waals surface area contributed by atoms with Gasteiger partial charge < -0.3 is 0 Å². The van der Waals surface area contributed by atoms with Gasteiger partial charge in [-0.25, -0.2) is 0 Å². The Kier molecular flexibility index (Phi) is 4.60. The first kappa shape index (κ1) is 17.4. The fourth-order valence-electron chi connectivity index (χ4n) is 4.45. The molecule has 0 saturated heterocycles. The lowest BCUT2D eigenvalue weighted by molar-refractivity contribution is -0.665. The van der Waals surface area contributed by atoms with E-state index >= 15 is 0 Å². The third kappa shape index (κ3) is 3.09. The van der Waals surface area contributed by atoms with Crippen LogP contribution < -0.4 is 4.57 Å². The molecule has 1 aromatic heterocycles. The Balaban J connectivity index is 2.06. The summed E-state index contributed by atoms with van der Waals surface area (Å²) in [5.74, 6) is 0.555. The molecular weight excluding hydrogens is 338 g/mol. The Morgan fingerprint density at radius 3 is 2.25 bits per heavy atom. The summed E-state index contributed by atoms with van der Waals surface area (Å²) >= 11 is 0. The molecule has 1 heteroatoms. The van der Waals surface area contributed by atoms with Crippen LogP contribution in [0.5, 0.6) is 0 Å². The van der Waals surface area contributed by atoms with Crippen LogP contribution in [0.1, 0.15) is 50.8 Å². The standard InChI is InChI=1S/C27H30N/c1-6-20(7-2)23-12-13-25-24(16-23)15-19(4)28(5)27(25)26-17-22-11-9-8-10-21(22)14-18(26)3/h8-17,20H,6-7H2,1-5H3/q+1/i15D. The number of nitrogens with zero attached hydrogens (tertiary/aromatic N) is 1. The van der Waals surface area contributed by atoms with Crippen LogP contribution in [0.15, 0.2) is 60.6 Å². The van der Waals surface area contributed by atoms with Crippen LogP contribution in [0, 0.1) is 13.8 Å². The van der Waals surface area contributed by atoms with E-state index in [-0.39, 0.29) is 0 Å². The van der Waals surface area contributed by atoms with Gasteiger partial charge in [0.15, 0.2) is 5.69 Å². The van der Waals surface area contributed by atoms with Gasteiger partial charge in [-0.3, -0.25) is 0 Å². The summed E-state index contributed by atoms with van der Waals surface area (Å²) in [5, 5.41) is 4.75. The van der Waals surface area contributed by atoms with Crippen LogP contribution in [0.3, 0.4) is 0 Å². The van der Waals surface area contributed by atoms with Gasteiger partial charge in [-0.05, 0) is 65.1 Å². The molecular formula is C27H30N+. The quantitative estimate of drug-likeness (QED) is 0.341. The molecule has 0 spiro atoms. The number of aromatic nitrogens is 1. The third-order valence-electron chi connectivity index (χ3n) is 6.26. The highest BCUT2D eigenvalue weighted by Gasteiger charge is 2.21. The molecule has 0 atom stereocenters. The topological polar surface area (TPSA) is 3.88 Å². The predicted octanol–water partition coefficient (Wildman–Crippen LogP) is 7.00. The Labute approximate surface area is 170 Å². The maximum atomic E-state index is 8.80. The van der Waals surface area contributed by atoms with Crippen molar-refractivity contribution in [2.45, 2.75) is 46.5 Å². The lowest BCUT2D eigenvalue weighted by Crippen LogP contribution is -2.35. The van der Waals surface area contributed by atoms with E-state index in [9.17, 15) is 0 Å². The second kappa shape index (κ2) is 7.39. The molecule has 1 nitrogen and oxygen atoms in total. The van der Waals surface area contributed by atoms with Crippen molar-refractivity contribution in [1.82, 2.24) is 0 Å². The lowest BCUT2D eigenvalue weighted by atomic mass is 9.90. The van der Waals surface area contributed by atoms with Crippen LogP contribution in [-0.4, -0.2) is 0 Å². The number of benzene rings is 3. The second-order valence-corrected chi connectivity index (χ2v) is 7.95. The zero-order valence-electron chi connectivity index (χ0n) is 18.6. The molecule has 0 fully saturated rings. The molecule has 4 aromatic rings. The Morgan fingerprint density at radius 1 is 0.893 bits per heavy atom. The smallest absolute Gasteiger partial charge is 0.198 e. The molecule has 3 aromatic carbocycles. The van der Waals surface area contributed by atoms with Gasteiger partial charge in [0.05, 0.1) is 12.3 Å². The van der Waals surface area contributed by atoms with Crippen molar-refractivity contribution in [1.29, 1.82) is 0 Å². The van der Waals surface area contributed by atoms with Gasteiger partial charge in [0, 0.05) is 13.0 Å². The molecule has 0 amide bonds. The molecule has 1 heterocycles. The lowest BCUT2D eigenvalue weighted by Gasteiger charge is -2.15. The zero-order chi connectivity index (χ0) is 20.7. The van der Waals surface area contributed by atoms with E-state index < -0.39 is 0 Å². The largest absolute Gasteiger partial charge is 0.220 e. The number of hydrogen-bond donors (Lipinski definition) is 0. The van der Waals surface area contributed by atoms with Gasteiger partial charge in [0.1, 0.15) is 7.05 Å².